The number of rotatable bonds is 6. The number of carbonyl (C=O) groups excluding carboxylic acids is 1. The van der Waals surface area contributed by atoms with Crippen molar-refractivity contribution in [3.8, 4) is 0 Å². The van der Waals surface area contributed by atoms with Crippen molar-refractivity contribution in [3.05, 3.63) is 0 Å². The number of sulfonamides is 1. The summed E-state index contributed by atoms with van der Waals surface area (Å²) in [7, 11) is -1.85. The zero-order valence-corrected chi connectivity index (χ0v) is 11.5. The van der Waals surface area contributed by atoms with Crippen molar-refractivity contribution in [1.82, 2.24) is 9.62 Å². The van der Waals surface area contributed by atoms with Crippen LogP contribution in [0.4, 0.5) is 0 Å². The molecule has 0 aromatic heterocycles. The van der Waals surface area contributed by atoms with E-state index in [9.17, 15) is 13.2 Å². The van der Waals surface area contributed by atoms with Gasteiger partial charge in [-0.2, -0.15) is 0 Å². The smallest absolute Gasteiger partial charge is 0.258 e. The molecule has 0 aliphatic carbocycles. The van der Waals surface area contributed by atoms with E-state index in [2.05, 4.69) is 5.32 Å². The molecule has 1 amide bonds. The Hall–Kier alpha value is -0.660. The first-order valence-electron chi connectivity index (χ1n) is 5.54. The third-order valence-electron chi connectivity index (χ3n) is 2.90. The van der Waals surface area contributed by atoms with Crippen LogP contribution >= 0.6 is 0 Å². The second kappa shape index (κ2) is 4.91. The van der Waals surface area contributed by atoms with Crippen molar-refractivity contribution in [3.63, 3.8) is 0 Å². The fourth-order valence-electron chi connectivity index (χ4n) is 1.70. The minimum absolute atomic E-state index is 0.132. The Morgan fingerprint density at radius 2 is 2.06 bits per heavy atom. The second-order valence-electron chi connectivity index (χ2n) is 4.70. The lowest BCUT2D eigenvalue weighted by molar-refractivity contribution is -0.132. The highest BCUT2D eigenvalue weighted by molar-refractivity contribution is 7.94. The number of nitrogens with zero attached hydrogens (tertiary/aromatic N) is 1. The van der Waals surface area contributed by atoms with Gasteiger partial charge < -0.3 is 10.1 Å². The maximum atomic E-state index is 11.7. The molecule has 1 N–H and O–H groups in total. The molecule has 0 spiro atoms. The van der Waals surface area contributed by atoms with Gasteiger partial charge in [-0.3, -0.25) is 4.79 Å². The number of ether oxygens (including phenoxy) is 1. The maximum absolute atomic E-state index is 11.7. The molecule has 1 saturated heterocycles. The first kappa shape index (κ1) is 14.4. The van der Waals surface area contributed by atoms with Crippen LogP contribution in [0.5, 0.6) is 0 Å². The summed E-state index contributed by atoms with van der Waals surface area (Å²) in [6, 6.07) is 0.132. The Morgan fingerprint density at radius 1 is 1.47 bits per heavy atom. The summed E-state index contributed by atoms with van der Waals surface area (Å²) in [6.07, 6.45) is 0. The zero-order valence-electron chi connectivity index (χ0n) is 10.7. The molecule has 1 atom stereocenters. The van der Waals surface area contributed by atoms with Gasteiger partial charge in [0.25, 0.3) is 15.9 Å². The number of nitrogens with one attached hydrogen (secondary N) is 1. The lowest BCUT2D eigenvalue weighted by atomic mass is 10.2. The van der Waals surface area contributed by atoms with Gasteiger partial charge in [-0.1, -0.05) is 0 Å². The lowest BCUT2D eigenvalue weighted by Gasteiger charge is -2.43. The summed E-state index contributed by atoms with van der Waals surface area (Å²) < 4.78 is 28.1. The van der Waals surface area contributed by atoms with Gasteiger partial charge in [0.05, 0.1) is 6.61 Å². The van der Waals surface area contributed by atoms with Gasteiger partial charge in [-0.25, -0.2) is 12.7 Å². The summed E-state index contributed by atoms with van der Waals surface area (Å²) in [5.41, 5.74) is 0. The third-order valence-corrected chi connectivity index (χ3v) is 5.29. The van der Waals surface area contributed by atoms with E-state index in [0.717, 1.165) is 4.31 Å². The van der Waals surface area contributed by atoms with Crippen molar-refractivity contribution in [1.29, 1.82) is 0 Å². The molecule has 1 unspecified atom stereocenters. The van der Waals surface area contributed by atoms with Crippen LogP contribution in [0.1, 0.15) is 20.8 Å². The predicted molar refractivity (Wildman–Crippen MR) is 64.1 cm³/mol. The average Bonchev–Trinajstić information content (AvgIpc) is 2.23. The monoisotopic (exact) mass is 264 g/mol. The topological polar surface area (TPSA) is 75.7 Å². The maximum Gasteiger partial charge on any atom is 0.258 e. The Balaban J connectivity index is 2.43. The molecule has 1 aliphatic rings. The fraction of sp³-hybridized carbons (Fsp3) is 0.900. The van der Waals surface area contributed by atoms with E-state index in [1.54, 1.807) is 7.11 Å². The van der Waals surface area contributed by atoms with Gasteiger partial charge >= 0.3 is 0 Å². The van der Waals surface area contributed by atoms with Gasteiger partial charge in [-0.05, 0) is 20.8 Å². The molecule has 0 saturated carbocycles. The van der Waals surface area contributed by atoms with Crippen molar-refractivity contribution >= 4 is 15.9 Å². The van der Waals surface area contributed by atoms with Crippen molar-refractivity contribution in [2.24, 2.45) is 0 Å². The van der Waals surface area contributed by atoms with Crippen molar-refractivity contribution in [2.45, 2.75) is 31.6 Å². The number of amides is 1. The van der Waals surface area contributed by atoms with Crippen LogP contribution in [0.2, 0.25) is 0 Å². The minimum Gasteiger partial charge on any atom is -0.383 e. The molecule has 1 aliphatic heterocycles. The van der Waals surface area contributed by atoms with Crippen LogP contribution in [0.15, 0.2) is 0 Å². The molecule has 1 rings (SSSR count). The van der Waals surface area contributed by atoms with Crippen LogP contribution in [-0.2, 0) is 19.6 Å². The zero-order chi connectivity index (χ0) is 13.3. The standard InChI is InChI=1S/C10H20N2O4S/c1-8(7-16-4)11-5-6-12-9(13)10(2,3)17(12,14)15/h8,11H,5-7H2,1-4H3. The van der Waals surface area contributed by atoms with E-state index in [-0.39, 0.29) is 18.5 Å². The van der Waals surface area contributed by atoms with E-state index in [1.807, 2.05) is 6.92 Å². The highest BCUT2D eigenvalue weighted by atomic mass is 32.2. The number of methoxy groups -OCH3 is 1. The molecular formula is C10H20N2O4S. The Kier molecular flexibility index (Phi) is 4.16. The first-order chi connectivity index (χ1) is 7.75. The van der Waals surface area contributed by atoms with Gasteiger partial charge in [0.15, 0.2) is 4.75 Å². The molecule has 1 fully saturated rings. The molecule has 0 radical (unpaired) electrons. The van der Waals surface area contributed by atoms with E-state index < -0.39 is 14.8 Å². The summed E-state index contributed by atoms with van der Waals surface area (Å²) >= 11 is 0. The van der Waals surface area contributed by atoms with Crippen molar-refractivity contribution < 1.29 is 17.9 Å². The number of hydrogen-bond acceptors (Lipinski definition) is 5. The second-order valence-corrected chi connectivity index (χ2v) is 7.11. The largest absolute Gasteiger partial charge is 0.383 e. The van der Waals surface area contributed by atoms with Crippen LogP contribution in [0.25, 0.3) is 0 Å². The summed E-state index contributed by atoms with van der Waals surface area (Å²) in [5, 5.41) is 3.08. The Bertz CT molecular complexity index is 391. The summed E-state index contributed by atoms with van der Waals surface area (Å²) in [4.78, 5) is 11.6. The van der Waals surface area contributed by atoms with E-state index in [4.69, 9.17) is 4.74 Å². The number of hydrogen-bond donors (Lipinski definition) is 1. The van der Waals surface area contributed by atoms with E-state index >= 15 is 0 Å². The lowest BCUT2D eigenvalue weighted by Crippen LogP contribution is -2.68. The molecule has 100 valence electrons. The third kappa shape index (κ3) is 2.46. The van der Waals surface area contributed by atoms with Crippen LogP contribution < -0.4 is 5.32 Å². The van der Waals surface area contributed by atoms with Crippen molar-refractivity contribution in [2.75, 3.05) is 26.8 Å². The van der Waals surface area contributed by atoms with Gasteiger partial charge in [-0.15, -0.1) is 0 Å². The van der Waals surface area contributed by atoms with Crippen LogP contribution in [-0.4, -0.2) is 56.2 Å². The Morgan fingerprint density at radius 3 is 2.53 bits per heavy atom. The molecule has 6 nitrogen and oxygen atoms in total. The number of carbonyl (C=O) groups is 1. The predicted octanol–water partition coefficient (Wildman–Crippen LogP) is -0.438. The molecule has 7 heteroatoms. The molecule has 17 heavy (non-hydrogen) atoms. The highest BCUT2D eigenvalue weighted by Gasteiger charge is 2.59. The molecular weight excluding hydrogens is 244 g/mol. The van der Waals surface area contributed by atoms with Crippen LogP contribution in [0.3, 0.4) is 0 Å². The SMILES string of the molecule is COCC(C)NCCN1C(=O)C(C)(C)S1(=O)=O. The quantitative estimate of drug-likeness (QED) is 0.704. The normalized spacial score (nSPS) is 23.3. The van der Waals surface area contributed by atoms with Gasteiger partial charge in [0.2, 0.25) is 0 Å². The van der Waals surface area contributed by atoms with Gasteiger partial charge in [0.1, 0.15) is 0 Å². The summed E-state index contributed by atoms with van der Waals surface area (Å²) in [6.45, 7) is 5.96. The molecule has 1 heterocycles. The molecule has 0 aromatic carbocycles. The summed E-state index contributed by atoms with van der Waals surface area (Å²) in [5.74, 6) is -0.335. The van der Waals surface area contributed by atoms with E-state index in [1.165, 1.54) is 13.8 Å². The minimum atomic E-state index is -3.45. The van der Waals surface area contributed by atoms with Crippen LogP contribution in [0, 0.1) is 0 Å². The van der Waals surface area contributed by atoms with Gasteiger partial charge in [0, 0.05) is 26.2 Å². The highest BCUT2D eigenvalue weighted by Crippen LogP contribution is 2.34. The average molecular weight is 264 g/mol. The van der Waals surface area contributed by atoms with E-state index in [0.29, 0.717) is 13.2 Å². The fourth-order valence-corrected chi connectivity index (χ4v) is 3.23. The molecule has 0 aromatic rings. The Labute approximate surface area is 102 Å². The molecule has 0 bridgehead atoms. The first-order valence-corrected chi connectivity index (χ1v) is 6.98.